The first-order valence-corrected chi connectivity index (χ1v) is 5.91. The molecule has 2 heteroatoms. The van der Waals surface area contributed by atoms with Crippen LogP contribution >= 0.6 is 0 Å². The van der Waals surface area contributed by atoms with Gasteiger partial charge in [-0.25, -0.2) is 0 Å². The van der Waals surface area contributed by atoms with Crippen LogP contribution in [-0.4, -0.2) is 29.2 Å². The molecule has 0 unspecified atom stereocenters. The van der Waals surface area contributed by atoms with Gasteiger partial charge in [-0.1, -0.05) is 0 Å². The molecule has 1 heterocycles. The van der Waals surface area contributed by atoms with Crippen molar-refractivity contribution in [1.82, 2.24) is 0 Å². The second-order valence-electron chi connectivity index (χ2n) is 1.34. The standard InChI is InChI=1S/C5H4O.In/c1-3-5(2)4-6;/h1-4H;. The average Bonchev–Trinajstić information content (AvgIpc) is 2.14. The molecule has 1 rings (SSSR count). The van der Waals surface area contributed by atoms with E-state index in [0.29, 0.717) is 0 Å². The predicted molar refractivity (Wildman–Crippen MR) is 29.0 cm³/mol. The van der Waals surface area contributed by atoms with Crippen LogP contribution in [0.1, 0.15) is 0 Å². The van der Waals surface area contributed by atoms with Crippen LogP contribution in [0.3, 0.4) is 0 Å². The molecular formula is C5H4InO. The summed E-state index contributed by atoms with van der Waals surface area (Å²) in [4.78, 5) is 9.92. The number of carbonyl (C=O) groups is 1. The molecule has 0 aliphatic carbocycles. The quantitative estimate of drug-likeness (QED) is 0.550. The van der Waals surface area contributed by atoms with Crippen LogP contribution in [-0.2, 0) is 4.79 Å². The van der Waals surface area contributed by atoms with E-state index in [2.05, 4.69) is 7.67 Å². The Balaban J connectivity index is 2.69. The molecule has 1 aliphatic rings. The molecule has 33 valence electrons. The van der Waals surface area contributed by atoms with Crippen LogP contribution in [0.4, 0.5) is 0 Å². The van der Waals surface area contributed by atoms with Crippen LogP contribution < -0.4 is 0 Å². The second-order valence-corrected chi connectivity index (χ2v) is 4.48. The molecular weight excluding hydrogens is 191 g/mol. The van der Waals surface area contributed by atoms with Gasteiger partial charge in [0.2, 0.25) is 0 Å². The third-order valence-electron chi connectivity index (χ3n) is 0.825. The molecule has 0 aromatic carbocycles. The molecule has 0 saturated carbocycles. The Labute approximate surface area is 53.5 Å². The number of rotatable bonds is 1. The van der Waals surface area contributed by atoms with Crippen LogP contribution in [0.15, 0.2) is 19.3 Å². The summed E-state index contributed by atoms with van der Waals surface area (Å²) >= 11 is -0.462. The summed E-state index contributed by atoms with van der Waals surface area (Å²) in [7, 11) is 0. The predicted octanol–water partition coefficient (Wildman–Crippen LogP) is 0.301. The summed E-state index contributed by atoms with van der Waals surface area (Å²) in [6.07, 6.45) is 2.82. The molecule has 0 fully saturated rings. The van der Waals surface area contributed by atoms with Crippen molar-refractivity contribution < 1.29 is 4.79 Å². The van der Waals surface area contributed by atoms with E-state index in [-0.39, 0.29) is 0 Å². The third kappa shape index (κ3) is 1.20. The topological polar surface area (TPSA) is 17.1 Å². The van der Waals surface area contributed by atoms with Crippen molar-refractivity contribution >= 4 is 29.2 Å². The maximum atomic E-state index is 9.92. The van der Waals surface area contributed by atoms with E-state index in [1.54, 1.807) is 0 Å². The second kappa shape index (κ2) is 2.36. The van der Waals surface area contributed by atoms with E-state index < -0.39 is 22.9 Å². The minimum atomic E-state index is -0.462. The van der Waals surface area contributed by atoms with Gasteiger partial charge in [0, 0.05) is 0 Å². The van der Waals surface area contributed by atoms with Gasteiger partial charge in [0.05, 0.1) is 0 Å². The fourth-order valence-electron chi connectivity index (χ4n) is 0.467. The van der Waals surface area contributed by atoms with Gasteiger partial charge in [0.1, 0.15) is 0 Å². The van der Waals surface area contributed by atoms with Gasteiger partial charge in [-0.15, -0.1) is 0 Å². The van der Waals surface area contributed by atoms with Crippen molar-refractivity contribution in [3.05, 3.63) is 19.3 Å². The van der Waals surface area contributed by atoms with Crippen molar-refractivity contribution in [2.45, 2.75) is 0 Å². The fourth-order valence-corrected chi connectivity index (χ4v) is 2.91. The Morgan fingerprint density at radius 3 is 2.86 bits per heavy atom. The number of hydrogen-bond acceptors (Lipinski definition) is 1. The van der Waals surface area contributed by atoms with Gasteiger partial charge in [-0.05, 0) is 0 Å². The van der Waals surface area contributed by atoms with Crippen molar-refractivity contribution in [1.29, 1.82) is 0 Å². The Hall–Kier alpha value is 0.0201. The van der Waals surface area contributed by atoms with Gasteiger partial charge in [-0.2, -0.15) is 0 Å². The van der Waals surface area contributed by atoms with Gasteiger partial charge < -0.3 is 0 Å². The Morgan fingerprint density at radius 1 is 1.71 bits per heavy atom. The number of hydrogen-bond donors (Lipinski definition) is 0. The van der Waals surface area contributed by atoms with Crippen LogP contribution in [0.25, 0.3) is 0 Å². The fraction of sp³-hybridized carbons (Fsp3) is 0. The van der Waals surface area contributed by atoms with E-state index in [4.69, 9.17) is 0 Å². The van der Waals surface area contributed by atoms with E-state index in [1.807, 2.05) is 6.08 Å². The minimum absolute atomic E-state index is 0.462. The Morgan fingerprint density at radius 2 is 2.57 bits per heavy atom. The van der Waals surface area contributed by atoms with E-state index in [1.165, 1.54) is 0 Å². The molecule has 0 aromatic heterocycles. The molecule has 0 aromatic rings. The molecule has 0 amide bonds. The summed E-state index contributed by atoms with van der Waals surface area (Å²) in [5.74, 6) is 0. The zero-order valence-electron chi connectivity index (χ0n) is 3.79. The molecule has 1 aliphatic heterocycles. The summed E-state index contributed by atoms with van der Waals surface area (Å²) in [5, 5.41) is 0. The molecule has 0 spiro atoms. The SMILES string of the molecule is O=CC1=[CH][In][CH]=C1. The zero-order chi connectivity index (χ0) is 5.11. The first-order valence-electron chi connectivity index (χ1n) is 2.10. The number of allylic oxidation sites excluding steroid dienone is 2. The van der Waals surface area contributed by atoms with Crippen LogP contribution in [0.5, 0.6) is 0 Å². The van der Waals surface area contributed by atoms with Crippen molar-refractivity contribution in [2.75, 3.05) is 0 Å². The van der Waals surface area contributed by atoms with Gasteiger partial charge in [0.15, 0.2) is 0 Å². The Bertz CT molecular complexity index is 135. The van der Waals surface area contributed by atoms with Crippen molar-refractivity contribution in [3.63, 3.8) is 0 Å². The van der Waals surface area contributed by atoms with E-state index >= 15 is 0 Å². The molecule has 0 bridgehead atoms. The van der Waals surface area contributed by atoms with Crippen LogP contribution in [0.2, 0.25) is 0 Å². The normalized spacial score (nSPS) is 15.7. The molecule has 0 atom stereocenters. The van der Waals surface area contributed by atoms with Gasteiger partial charge in [0.25, 0.3) is 0 Å². The van der Waals surface area contributed by atoms with Crippen molar-refractivity contribution in [2.24, 2.45) is 0 Å². The summed E-state index contributed by atoms with van der Waals surface area (Å²) in [5.41, 5.74) is 0.890. The zero-order valence-corrected chi connectivity index (χ0v) is 7.09. The summed E-state index contributed by atoms with van der Waals surface area (Å²) in [6.45, 7) is 0. The van der Waals surface area contributed by atoms with E-state index in [9.17, 15) is 4.79 Å². The third-order valence-corrected chi connectivity index (χ3v) is 3.66. The molecule has 7 heavy (non-hydrogen) atoms. The molecule has 0 N–H and O–H groups in total. The molecule has 1 nitrogen and oxygen atoms in total. The Kier molecular flexibility index (Phi) is 1.74. The van der Waals surface area contributed by atoms with Gasteiger partial charge in [-0.3, -0.25) is 0 Å². The first kappa shape index (κ1) is 5.16. The summed E-state index contributed by atoms with van der Waals surface area (Å²) in [6, 6.07) is 0. The monoisotopic (exact) mass is 195 g/mol. The number of carbonyl (C=O) groups excluding carboxylic acids is 1. The summed E-state index contributed by atoms with van der Waals surface area (Å²) < 4.78 is 4.24. The first-order chi connectivity index (χ1) is 3.43. The number of aldehydes is 1. The van der Waals surface area contributed by atoms with Crippen molar-refractivity contribution in [3.8, 4) is 0 Å². The molecule has 1 radical (unpaired) electrons. The van der Waals surface area contributed by atoms with E-state index in [0.717, 1.165) is 11.9 Å². The van der Waals surface area contributed by atoms with Gasteiger partial charge >= 0.3 is 53.3 Å². The molecule has 0 saturated heterocycles. The maximum absolute atomic E-state index is 9.92. The van der Waals surface area contributed by atoms with Crippen LogP contribution in [0, 0.1) is 0 Å². The average molecular weight is 195 g/mol.